The molecule has 0 saturated heterocycles. The minimum Gasteiger partial charge on any atom is -0.496 e. The quantitative estimate of drug-likeness (QED) is 0.190. The van der Waals surface area contributed by atoms with Crippen LogP contribution in [0, 0.1) is 5.41 Å². The van der Waals surface area contributed by atoms with Crippen molar-refractivity contribution < 1.29 is 32.2 Å². The summed E-state index contributed by atoms with van der Waals surface area (Å²) >= 11 is 0. The summed E-state index contributed by atoms with van der Waals surface area (Å²) in [5, 5.41) is 0. The van der Waals surface area contributed by atoms with Gasteiger partial charge in [-0.05, 0) is 50.6 Å². The zero-order valence-electron chi connectivity index (χ0n) is 22.1. The third-order valence-corrected chi connectivity index (χ3v) is 5.72. The van der Waals surface area contributed by atoms with E-state index in [1.807, 2.05) is 30.3 Å². The van der Waals surface area contributed by atoms with E-state index in [-0.39, 0.29) is 25.0 Å². The van der Waals surface area contributed by atoms with Crippen molar-refractivity contribution in [3.63, 3.8) is 0 Å². The predicted molar refractivity (Wildman–Crippen MR) is 142 cm³/mol. The summed E-state index contributed by atoms with van der Waals surface area (Å²) in [6.45, 7) is 4.66. The molecule has 1 heterocycles. The van der Waals surface area contributed by atoms with Crippen molar-refractivity contribution in [2.75, 3.05) is 13.7 Å². The number of rotatable bonds is 10. The average Bonchev–Trinajstić information content (AvgIpc) is 2.93. The highest BCUT2D eigenvalue weighted by molar-refractivity contribution is 5.97. The standard InChI is InChI=1S/C29H30F3N3O4/c1-19(29(30,31)32)15-35-26(33)21-10-13-24(34-16-21)23-12-11-22(14-25(23)37-4)39-18-28(2,3)27(36)38-17-20-8-6-5-7-9-20/h5-16H,17-18H2,1-4H3,(H2,33,35)/b19-15+. The maximum absolute atomic E-state index is 12.6. The number of allylic oxidation sites excluding steroid dienone is 1. The lowest BCUT2D eigenvalue weighted by Gasteiger charge is -2.23. The number of carbonyl (C=O) groups is 1. The highest BCUT2D eigenvalue weighted by atomic mass is 19.4. The van der Waals surface area contributed by atoms with E-state index in [2.05, 4.69) is 9.98 Å². The van der Waals surface area contributed by atoms with E-state index in [4.69, 9.17) is 19.9 Å². The van der Waals surface area contributed by atoms with Crippen LogP contribution in [0.15, 0.2) is 83.6 Å². The van der Waals surface area contributed by atoms with Gasteiger partial charge in [-0.3, -0.25) is 9.78 Å². The molecule has 0 aliphatic rings. The molecular formula is C29H30F3N3O4. The number of nitrogens with two attached hydrogens (primary N) is 1. The Morgan fingerprint density at radius 2 is 1.79 bits per heavy atom. The minimum atomic E-state index is -4.47. The molecule has 0 saturated carbocycles. The van der Waals surface area contributed by atoms with Crippen molar-refractivity contribution in [1.82, 2.24) is 4.98 Å². The van der Waals surface area contributed by atoms with E-state index in [1.165, 1.54) is 13.3 Å². The van der Waals surface area contributed by atoms with Gasteiger partial charge in [0.15, 0.2) is 0 Å². The first-order valence-electron chi connectivity index (χ1n) is 12.0. The van der Waals surface area contributed by atoms with Gasteiger partial charge in [-0.2, -0.15) is 13.2 Å². The van der Waals surface area contributed by atoms with E-state index in [0.29, 0.717) is 34.5 Å². The molecule has 3 rings (SSSR count). The smallest absolute Gasteiger partial charge is 0.413 e. The highest BCUT2D eigenvalue weighted by Crippen LogP contribution is 2.33. The molecule has 206 valence electrons. The minimum absolute atomic E-state index is 0.0803. The summed E-state index contributed by atoms with van der Waals surface area (Å²) in [5.41, 5.74) is 6.51. The molecule has 0 fully saturated rings. The molecule has 39 heavy (non-hydrogen) atoms. The second kappa shape index (κ2) is 12.5. The number of nitrogens with zero attached hydrogens (tertiary/aromatic N) is 2. The van der Waals surface area contributed by atoms with Crippen LogP contribution >= 0.6 is 0 Å². The summed E-state index contributed by atoms with van der Waals surface area (Å²) < 4.78 is 54.8. The van der Waals surface area contributed by atoms with Gasteiger partial charge in [0.25, 0.3) is 0 Å². The van der Waals surface area contributed by atoms with Crippen LogP contribution in [0.1, 0.15) is 31.9 Å². The van der Waals surface area contributed by atoms with Crippen molar-refractivity contribution in [1.29, 1.82) is 0 Å². The number of alkyl halides is 3. The summed E-state index contributed by atoms with van der Waals surface area (Å²) in [4.78, 5) is 20.6. The number of aromatic nitrogens is 1. The molecule has 2 aromatic carbocycles. The maximum atomic E-state index is 12.6. The SMILES string of the molecule is COc1cc(OCC(C)(C)C(=O)OCc2ccccc2)ccc1-c1ccc(C(N)=N/C=C(\C)C(F)(F)F)cn1. The van der Waals surface area contributed by atoms with E-state index < -0.39 is 17.2 Å². The average molecular weight is 542 g/mol. The largest absolute Gasteiger partial charge is 0.496 e. The van der Waals surface area contributed by atoms with Gasteiger partial charge >= 0.3 is 12.1 Å². The Morgan fingerprint density at radius 1 is 1.08 bits per heavy atom. The first kappa shape index (κ1) is 29.2. The number of methoxy groups -OCH3 is 1. The lowest BCUT2D eigenvalue weighted by atomic mass is 9.95. The van der Waals surface area contributed by atoms with Crippen LogP contribution in [-0.2, 0) is 16.1 Å². The lowest BCUT2D eigenvalue weighted by molar-refractivity contribution is -0.157. The number of aliphatic imine (C=N–C) groups is 1. The number of esters is 1. The van der Waals surface area contributed by atoms with Crippen molar-refractivity contribution in [2.45, 2.75) is 33.6 Å². The number of ether oxygens (including phenoxy) is 3. The third-order valence-electron chi connectivity index (χ3n) is 5.72. The Balaban J connectivity index is 1.67. The first-order chi connectivity index (χ1) is 18.4. The summed E-state index contributed by atoms with van der Waals surface area (Å²) in [5.74, 6) is 0.478. The molecule has 0 radical (unpaired) electrons. The fourth-order valence-corrected chi connectivity index (χ4v) is 3.23. The molecular weight excluding hydrogens is 511 g/mol. The molecule has 3 aromatic rings. The van der Waals surface area contributed by atoms with Gasteiger partial charge in [0, 0.05) is 35.2 Å². The molecule has 10 heteroatoms. The molecule has 0 aliphatic carbocycles. The van der Waals surface area contributed by atoms with Gasteiger partial charge in [0.2, 0.25) is 0 Å². The van der Waals surface area contributed by atoms with E-state index in [1.54, 1.807) is 44.2 Å². The number of amidine groups is 1. The topological polar surface area (TPSA) is 96.0 Å². The molecule has 0 unspecified atom stereocenters. The zero-order valence-corrected chi connectivity index (χ0v) is 22.1. The normalized spacial score (nSPS) is 12.7. The summed E-state index contributed by atoms with van der Waals surface area (Å²) in [6.07, 6.45) is -2.38. The first-order valence-corrected chi connectivity index (χ1v) is 12.0. The second-order valence-corrected chi connectivity index (χ2v) is 9.35. The Bertz CT molecular complexity index is 1340. The van der Waals surface area contributed by atoms with Gasteiger partial charge in [-0.15, -0.1) is 0 Å². The van der Waals surface area contributed by atoms with Gasteiger partial charge in [0.1, 0.15) is 30.5 Å². The number of benzene rings is 2. The number of hydrogen-bond donors (Lipinski definition) is 1. The van der Waals surface area contributed by atoms with Crippen LogP contribution in [0.5, 0.6) is 11.5 Å². The van der Waals surface area contributed by atoms with E-state index >= 15 is 0 Å². The monoisotopic (exact) mass is 541 g/mol. The summed E-state index contributed by atoms with van der Waals surface area (Å²) in [7, 11) is 1.50. The van der Waals surface area contributed by atoms with Crippen LogP contribution in [0.3, 0.4) is 0 Å². The van der Waals surface area contributed by atoms with Crippen molar-refractivity contribution >= 4 is 11.8 Å². The lowest BCUT2D eigenvalue weighted by Crippen LogP contribution is -2.32. The molecule has 0 aliphatic heterocycles. The molecule has 0 amide bonds. The van der Waals surface area contributed by atoms with Crippen LogP contribution in [0.2, 0.25) is 0 Å². The van der Waals surface area contributed by atoms with E-state index in [9.17, 15) is 18.0 Å². The van der Waals surface area contributed by atoms with Crippen molar-refractivity contribution in [3.8, 4) is 22.8 Å². The molecule has 7 nitrogen and oxygen atoms in total. The van der Waals surface area contributed by atoms with Gasteiger partial charge < -0.3 is 19.9 Å². The molecule has 0 spiro atoms. The Kier molecular flexibility index (Phi) is 9.34. The summed E-state index contributed by atoms with van der Waals surface area (Å²) in [6, 6.07) is 17.8. The Hall–Kier alpha value is -4.34. The second-order valence-electron chi connectivity index (χ2n) is 9.35. The van der Waals surface area contributed by atoms with Crippen molar-refractivity contribution in [2.24, 2.45) is 16.1 Å². The number of halogens is 3. The van der Waals surface area contributed by atoms with Gasteiger partial charge in [-0.1, -0.05) is 30.3 Å². The fourth-order valence-electron chi connectivity index (χ4n) is 3.23. The number of carbonyl (C=O) groups excluding carboxylic acids is 1. The fraction of sp³-hybridized carbons (Fsp3) is 0.276. The van der Waals surface area contributed by atoms with E-state index in [0.717, 1.165) is 12.5 Å². The number of pyridine rings is 1. The van der Waals surface area contributed by atoms with Crippen LogP contribution in [0.4, 0.5) is 13.2 Å². The molecule has 1 aromatic heterocycles. The molecule has 2 N–H and O–H groups in total. The zero-order chi connectivity index (χ0) is 28.6. The van der Waals surface area contributed by atoms with Crippen LogP contribution in [0.25, 0.3) is 11.3 Å². The molecule has 0 bridgehead atoms. The Morgan fingerprint density at radius 3 is 2.41 bits per heavy atom. The molecule has 0 atom stereocenters. The third kappa shape index (κ3) is 8.07. The predicted octanol–water partition coefficient (Wildman–Crippen LogP) is 6.08. The van der Waals surface area contributed by atoms with Crippen LogP contribution < -0.4 is 15.2 Å². The van der Waals surface area contributed by atoms with Crippen LogP contribution in [-0.4, -0.2) is 36.7 Å². The Labute approximate surface area is 225 Å². The maximum Gasteiger partial charge on any atom is 0.413 e. The highest BCUT2D eigenvalue weighted by Gasteiger charge is 2.31. The van der Waals surface area contributed by atoms with Gasteiger partial charge in [0.05, 0.1) is 18.2 Å². The van der Waals surface area contributed by atoms with Gasteiger partial charge in [-0.25, -0.2) is 4.99 Å². The number of hydrogen-bond acceptors (Lipinski definition) is 6. The van der Waals surface area contributed by atoms with Crippen molar-refractivity contribution in [3.05, 3.63) is 89.8 Å².